The lowest BCUT2D eigenvalue weighted by Gasteiger charge is -2.27. The molecular weight excluding hydrogens is 228 g/mol. The van der Waals surface area contributed by atoms with E-state index in [1.807, 2.05) is 11.9 Å². The van der Waals surface area contributed by atoms with Crippen LogP contribution in [0.4, 0.5) is 0 Å². The predicted octanol–water partition coefficient (Wildman–Crippen LogP) is -0.283. The molecule has 0 aromatic heterocycles. The maximum absolute atomic E-state index is 11.1. The number of ether oxygens (including phenoxy) is 1. The topological polar surface area (TPSA) is 72.6 Å². The smallest absolute Gasteiger partial charge is 0.148 e. The van der Waals surface area contributed by atoms with E-state index in [-0.39, 0.29) is 11.8 Å². The average Bonchev–Trinajstić information content (AvgIpc) is 2.19. The summed E-state index contributed by atoms with van der Waals surface area (Å²) in [5.74, 6) is 0.187. The number of hydrogen-bond donors (Lipinski definition) is 1. The summed E-state index contributed by atoms with van der Waals surface area (Å²) >= 11 is 0. The summed E-state index contributed by atoms with van der Waals surface area (Å²) in [6.45, 7) is 1.80. The van der Waals surface area contributed by atoms with Crippen LogP contribution in [0.3, 0.4) is 0 Å². The van der Waals surface area contributed by atoms with E-state index in [1.165, 1.54) is 6.26 Å². The fourth-order valence-electron chi connectivity index (χ4n) is 1.47. The van der Waals surface area contributed by atoms with Gasteiger partial charge in [0.05, 0.1) is 12.4 Å². The van der Waals surface area contributed by atoms with Crippen LogP contribution >= 0.6 is 0 Å². The van der Waals surface area contributed by atoms with Gasteiger partial charge < -0.3 is 15.4 Å². The monoisotopic (exact) mass is 252 g/mol. The molecule has 0 saturated carbocycles. The van der Waals surface area contributed by atoms with Gasteiger partial charge in [-0.1, -0.05) is 0 Å². The molecule has 0 bridgehead atoms. The van der Waals surface area contributed by atoms with E-state index in [0.717, 1.165) is 12.8 Å². The van der Waals surface area contributed by atoms with E-state index in [9.17, 15) is 8.42 Å². The molecular formula is C10H24N2O3S. The maximum atomic E-state index is 11.1. The molecule has 16 heavy (non-hydrogen) atoms. The molecule has 6 heteroatoms. The number of nitrogens with zero attached hydrogens (tertiary/aromatic N) is 1. The quantitative estimate of drug-likeness (QED) is 0.611. The summed E-state index contributed by atoms with van der Waals surface area (Å²) in [7, 11) is 0.679. The summed E-state index contributed by atoms with van der Waals surface area (Å²) in [5.41, 5.74) is 5.46. The Labute approximate surface area is 98.9 Å². The van der Waals surface area contributed by atoms with Crippen molar-refractivity contribution >= 4 is 9.84 Å². The Hall–Kier alpha value is -0.170. The van der Waals surface area contributed by atoms with E-state index in [4.69, 9.17) is 10.5 Å². The molecule has 2 N–H and O–H groups in total. The highest BCUT2D eigenvalue weighted by Gasteiger charge is 2.15. The molecule has 0 radical (unpaired) electrons. The normalized spacial score (nSPS) is 14.3. The van der Waals surface area contributed by atoms with E-state index in [2.05, 4.69) is 0 Å². The standard InChI is InChI=1S/C10H24N2O3S/c1-12(7-8-16(3,13)14)10(9-15-2)5-4-6-11/h10H,4-9,11H2,1-3H3. The van der Waals surface area contributed by atoms with E-state index in [0.29, 0.717) is 19.7 Å². The first-order valence-electron chi connectivity index (χ1n) is 5.47. The Morgan fingerprint density at radius 2 is 2.06 bits per heavy atom. The molecule has 0 fully saturated rings. The van der Waals surface area contributed by atoms with Gasteiger partial charge in [-0.05, 0) is 26.4 Å². The van der Waals surface area contributed by atoms with Crippen LogP contribution in [0.25, 0.3) is 0 Å². The van der Waals surface area contributed by atoms with Gasteiger partial charge in [0.25, 0.3) is 0 Å². The number of hydrogen-bond acceptors (Lipinski definition) is 5. The number of likely N-dealkylation sites (N-methyl/N-ethyl adjacent to an activating group) is 1. The second-order valence-corrected chi connectivity index (χ2v) is 6.41. The maximum Gasteiger partial charge on any atom is 0.148 e. The molecule has 0 aliphatic carbocycles. The lowest BCUT2D eigenvalue weighted by molar-refractivity contribution is 0.104. The summed E-state index contributed by atoms with van der Waals surface area (Å²) in [6.07, 6.45) is 3.12. The van der Waals surface area contributed by atoms with Crippen LogP contribution in [0.5, 0.6) is 0 Å². The van der Waals surface area contributed by atoms with Gasteiger partial charge in [-0.25, -0.2) is 8.42 Å². The fraction of sp³-hybridized carbons (Fsp3) is 1.00. The van der Waals surface area contributed by atoms with Gasteiger partial charge in [0.2, 0.25) is 0 Å². The Morgan fingerprint density at radius 3 is 2.50 bits per heavy atom. The molecule has 0 amide bonds. The van der Waals surface area contributed by atoms with Crippen molar-refractivity contribution in [3.63, 3.8) is 0 Å². The highest BCUT2D eigenvalue weighted by Crippen LogP contribution is 2.05. The largest absolute Gasteiger partial charge is 0.383 e. The number of sulfone groups is 1. The Balaban J connectivity index is 4.09. The summed E-state index contributed by atoms with van der Waals surface area (Å²) in [4.78, 5) is 2.03. The number of methoxy groups -OCH3 is 1. The summed E-state index contributed by atoms with van der Waals surface area (Å²) in [5, 5.41) is 0. The Bertz CT molecular complexity index is 267. The minimum atomic E-state index is -2.90. The van der Waals surface area contributed by atoms with Crippen LogP contribution < -0.4 is 5.73 Å². The second-order valence-electron chi connectivity index (χ2n) is 4.15. The lowest BCUT2D eigenvalue weighted by Crippen LogP contribution is -2.38. The molecule has 0 aliphatic heterocycles. The van der Waals surface area contributed by atoms with Crippen molar-refractivity contribution in [2.45, 2.75) is 18.9 Å². The molecule has 0 saturated heterocycles. The molecule has 0 aromatic rings. The van der Waals surface area contributed by atoms with E-state index in [1.54, 1.807) is 7.11 Å². The van der Waals surface area contributed by atoms with Crippen molar-refractivity contribution in [3.8, 4) is 0 Å². The zero-order valence-corrected chi connectivity index (χ0v) is 11.3. The van der Waals surface area contributed by atoms with Gasteiger partial charge >= 0.3 is 0 Å². The van der Waals surface area contributed by atoms with Gasteiger partial charge in [0.1, 0.15) is 9.84 Å². The zero-order valence-electron chi connectivity index (χ0n) is 10.5. The summed E-state index contributed by atoms with van der Waals surface area (Å²) in [6, 6.07) is 0.246. The highest BCUT2D eigenvalue weighted by atomic mass is 32.2. The van der Waals surface area contributed by atoms with E-state index < -0.39 is 9.84 Å². The van der Waals surface area contributed by atoms with Crippen LogP contribution in [-0.4, -0.2) is 65.2 Å². The first kappa shape index (κ1) is 15.8. The molecule has 1 atom stereocenters. The third-order valence-corrected chi connectivity index (χ3v) is 3.46. The molecule has 5 nitrogen and oxygen atoms in total. The van der Waals surface area contributed by atoms with Crippen LogP contribution in [0.15, 0.2) is 0 Å². The fourth-order valence-corrected chi connectivity index (χ4v) is 2.09. The minimum absolute atomic E-state index is 0.187. The molecule has 0 aliphatic rings. The second kappa shape index (κ2) is 8.00. The zero-order chi connectivity index (χ0) is 12.6. The third kappa shape index (κ3) is 8.04. The average molecular weight is 252 g/mol. The highest BCUT2D eigenvalue weighted by molar-refractivity contribution is 7.90. The Kier molecular flexibility index (Phi) is 7.91. The van der Waals surface area contributed by atoms with Crippen LogP contribution in [0, 0.1) is 0 Å². The Morgan fingerprint density at radius 1 is 1.44 bits per heavy atom. The number of rotatable bonds is 9. The third-order valence-electron chi connectivity index (χ3n) is 2.54. The van der Waals surface area contributed by atoms with E-state index >= 15 is 0 Å². The molecule has 0 aromatic carbocycles. The van der Waals surface area contributed by atoms with Crippen molar-refractivity contribution < 1.29 is 13.2 Å². The van der Waals surface area contributed by atoms with Gasteiger partial charge in [-0.3, -0.25) is 0 Å². The van der Waals surface area contributed by atoms with Crippen molar-refractivity contribution in [3.05, 3.63) is 0 Å². The van der Waals surface area contributed by atoms with Gasteiger partial charge in [0.15, 0.2) is 0 Å². The van der Waals surface area contributed by atoms with Crippen molar-refractivity contribution in [2.75, 3.05) is 45.9 Å². The molecule has 1 unspecified atom stereocenters. The van der Waals surface area contributed by atoms with Crippen molar-refractivity contribution in [1.29, 1.82) is 0 Å². The van der Waals surface area contributed by atoms with Crippen LogP contribution in [0.1, 0.15) is 12.8 Å². The van der Waals surface area contributed by atoms with Crippen LogP contribution in [0.2, 0.25) is 0 Å². The molecule has 0 spiro atoms. The van der Waals surface area contributed by atoms with Gasteiger partial charge in [0, 0.05) is 26.0 Å². The predicted molar refractivity (Wildman–Crippen MR) is 66.3 cm³/mol. The SMILES string of the molecule is COCC(CCCN)N(C)CCS(C)(=O)=O. The van der Waals surface area contributed by atoms with Crippen molar-refractivity contribution in [2.24, 2.45) is 5.73 Å². The van der Waals surface area contributed by atoms with Crippen molar-refractivity contribution in [1.82, 2.24) is 4.90 Å². The molecule has 0 rings (SSSR count). The first-order valence-corrected chi connectivity index (χ1v) is 7.53. The minimum Gasteiger partial charge on any atom is -0.383 e. The van der Waals surface area contributed by atoms with Gasteiger partial charge in [-0.15, -0.1) is 0 Å². The molecule has 98 valence electrons. The van der Waals surface area contributed by atoms with Gasteiger partial charge in [-0.2, -0.15) is 0 Å². The molecule has 0 heterocycles. The lowest BCUT2D eigenvalue weighted by atomic mass is 10.1. The summed E-state index contributed by atoms with van der Waals surface area (Å²) < 4.78 is 27.2. The first-order chi connectivity index (χ1) is 7.40. The van der Waals surface area contributed by atoms with Crippen LogP contribution in [-0.2, 0) is 14.6 Å². The number of nitrogens with two attached hydrogens (primary N) is 1.